The van der Waals surface area contributed by atoms with Crippen molar-refractivity contribution in [1.82, 2.24) is 4.98 Å². The van der Waals surface area contributed by atoms with Crippen LogP contribution in [0.1, 0.15) is 5.56 Å². The first-order valence-corrected chi connectivity index (χ1v) is 8.60. The zero-order chi connectivity index (χ0) is 17.1. The average molecular weight is 345 g/mol. The lowest BCUT2D eigenvalue weighted by atomic mass is 10.0. The van der Waals surface area contributed by atoms with Crippen LogP contribution in [-0.2, 0) is 6.54 Å². The molecule has 4 rings (SSSR count). The van der Waals surface area contributed by atoms with Crippen molar-refractivity contribution in [3.05, 3.63) is 95.6 Å². The van der Waals surface area contributed by atoms with E-state index in [1.54, 1.807) is 0 Å². The van der Waals surface area contributed by atoms with Crippen molar-refractivity contribution < 1.29 is 0 Å². The van der Waals surface area contributed by atoms with Gasteiger partial charge in [-0.3, -0.25) is 4.98 Å². The van der Waals surface area contributed by atoms with Crippen molar-refractivity contribution in [1.29, 1.82) is 0 Å². The number of hydrogen-bond donors (Lipinski definition) is 1. The highest BCUT2D eigenvalue weighted by Gasteiger charge is 2.08. The first kappa shape index (κ1) is 15.7. The van der Waals surface area contributed by atoms with Crippen molar-refractivity contribution >= 4 is 28.2 Å². The Kier molecular flexibility index (Phi) is 4.36. The van der Waals surface area contributed by atoms with Crippen LogP contribution in [0, 0.1) is 0 Å². The quantitative estimate of drug-likeness (QED) is 0.479. The molecule has 0 fully saturated rings. The second-order valence-corrected chi connectivity index (χ2v) is 6.35. The molecule has 25 heavy (non-hydrogen) atoms. The Balaban J connectivity index is 1.71. The van der Waals surface area contributed by atoms with E-state index in [0.717, 1.165) is 39.3 Å². The normalized spacial score (nSPS) is 10.8. The summed E-state index contributed by atoms with van der Waals surface area (Å²) in [6, 6.07) is 26.6. The second-order valence-electron chi connectivity index (χ2n) is 5.91. The summed E-state index contributed by atoms with van der Waals surface area (Å²) in [4.78, 5) is 4.63. The number of pyridine rings is 1. The molecule has 0 aliphatic heterocycles. The number of anilines is 1. The molecule has 122 valence electrons. The van der Waals surface area contributed by atoms with Gasteiger partial charge in [0.1, 0.15) is 0 Å². The molecule has 1 aromatic heterocycles. The molecule has 4 aromatic rings. The summed E-state index contributed by atoms with van der Waals surface area (Å²) < 4.78 is 0. The third-order valence-electron chi connectivity index (χ3n) is 4.23. The minimum Gasteiger partial charge on any atom is -0.380 e. The van der Waals surface area contributed by atoms with Crippen LogP contribution < -0.4 is 5.32 Å². The van der Waals surface area contributed by atoms with Gasteiger partial charge in [0.15, 0.2) is 0 Å². The van der Waals surface area contributed by atoms with Gasteiger partial charge in [-0.25, -0.2) is 0 Å². The molecule has 2 nitrogen and oxygen atoms in total. The predicted molar refractivity (Wildman–Crippen MR) is 106 cm³/mol. The van der Waals surface area contributed by atoms with Crippen molar-refractivity contribution in [3.8, 4) is 11.1 Å². The Bertz CT molecular complexity index is 1010. The lowest BCUT2D eigenvalue weighted by Crippen LogP contribution is -2.00. The Morgan fingerprint density at radius 1 is 0.840 bits per heavy atom. The molecule has 1 heterocycles. The highest BCUT2D eigenvalue weighted by atomic mass is 35.5. The van der Waals surface area contributed by atoms with E-state index in [9.17, 15) is 0 Å². The highest BCUT2D eigenvalue weighted by Crippen LogP contribution is 2.31. The van der Waals surface area contributed by atoms with Gasteiger partial charge in [0.05, 0.1) is 5.52 Å². The van der Waals surface area contributed by atoms with Gasteiger partial charge in [-0.1, -0.05) is 72.3 Å². The maximum absolute atomic E-state index is 6.07. The SMILES string of the molecule is Clc1cccc(CNc2ccnc3c(-c4ccccc4)cccc23)c1. The molecule has 3 heteroatoms. The zero-order valence-corrected chi connectivity index (χ0v) is 14.4. The van der Waals surface area contributed by atoms with Crippen LogP contribution in [0.15, 0.2) is 85.1 Å². The molecular weight excluding hydrogens is 328 g/mol. The van der Waals surface area contributed by atoms with Gasteiger partial charge in [0.25, 0.3) is 0 Å². The molecule has 3 aromatic carbocycles. The van der Waals surface area contributed by atoms with Gasteiger partial charge >= 0.3 is 0 Å². The van der Waals surface area contributed by atoms with E-state index < -0.39 is 0 Å². The fraction of sp³-hybridized carbons (Fsp3) is 0.0455. The number of hydrogen-bond acceptors (Lipinski definition) is 2. The minimum absolute atomic E-state index is 0.717. The van der Waals surface area contributed by atoms with Crippen LogP contribution in [0.4, 0.5) is 5.69 Å². The first-order valence-electron chi connectivity index (χ1n) is 8.23. The standard InChI is InChI=1S/C22H17ClN2/c23-18-9-4-6-16(14-18)15-25-21-12-13-24-22-19(10-5-11-20(21)22)17-7-2-1-3-8-17/h1-14H,15H2,(H,24,25). The van der Waals surface area contributed by atoms with Crippen LogP contribution in [0.25, 0.3) is 22.0 Å². The predicted octanol–water partition coefficient (Wildman–Crippen LogP) is 6.17. The lowest BCUT2D eigenvalue weighted by molar-refractivity contribution is 1.15. The smallest absolute Gasteiger partial charge is 0.0801 e. The molecular formula is C22H17ClN2. The monoisotopic (exact) mass is 344 g/mol. The van der Waals surface area contributed by atoms with Gasteiger partial charge in [0.2, 0.25) is 0 Å². The number of fused-ring (bicyclic) bond motifs is 1. The molecule has 0 amide bonds. The molecule has 0 spiro atoms. The molecule has 1 N–H and O–H groups in total. The van der Waals surface area contributed by atoms with E-state index in [1.807, 2.05) is 36.5 Å². The third kappa shape index (κ3) is 3.35. The highest BCUT2D eigenvalue weighted by molar-refractivity contribution is 6.30. The molecule has 0 atom stereocenters. The molecule has 0 saturated carbocycles. The third-order valence-corrected chi connectivity index (χ3v) is 4.46. The topological polar surface area (TPSA) is 24.9 Å². The summed E-state index contributed by atoms with van der Waals surface area (Å²) in [7, 11) is 0. The molecule has 0 unspecified atom stereocenters. The summed E-state index contributed by atoms with van der Waals surface area (Å²) in [5.74, 6) is 0. The van der Waals surface area contributed by atoms with Crippen molar-refractivity contribution in [2.75, 3.05) is 5.32 Å². The van der Waals surface area contributed by atoms with Gasteiger partial charge in [-0.2, -0.15) is 0 Å². The molecule has 0 bridgehead atoms. The largest absolute Gasteiger partial charge is 0.380 e. The number of benzene rings is 3. The van der Waals surface area contributed by atoms with Crippen LogP contribution >= 0.6 is 11.6 Å². The second kappa shape index (κ2) is 6.96. The maximum Gasteiger partial charge on any atom is 0.0801 e. The van der Waals surface area contributed by atoms with Crippen LogP contribution in [0.5, 0.6) is 0 Å². The fourth-order valence-corrected chi connectivity index (χ4v) is 3.24. The van der Waals surface area contributed by atoms with E-state index in [0.29, 0.717) is 0 Å². The van der Waals surface area contributed by atoms with Gasteiger partial charge in [0, 0.05) is 34.4 Å². The molecule has 0 radical (unpaired) electrons. The summed E-state index contributed by atoms with van der Waals surface area (Å²) in [5.41, 5.74) is 5.54. The molecule has 0 aliphatic rings. The van der Waals surface area contributed by atoms with Gasteiger partial charge in [-0.15, -0.1) is 0 Å². The van der Waals surface area contributed by atoms with Gasteiger partial charge in [-0.05, 0) is 29.3 Å². The first-order chi connectivity index (χ1) is 12.3. The van der Waals surface area contributed by atoms with Crippen molar-refractivity contribution in [2.45, 2.75) is 6.54 Å². The number of nitrogens with one attached hydrogen (secondary N) is 1. The van der Waals surface area contributed by atoms with Crippen LogP contribution in [0.2, 0.25) is 5.02 Å². The average Bonchev–Trinajstić information content (AvgIpc) is 2.66. The van der Waals surface area contributed by atoms with E-state index >= 15 is 0 Å². The summed E-state index contributed by atoms with van der Waals surface area (Å²) in [6.45, 7) is 0.717. The molecule has 0 aliphatic carbocycles. The zero-order valence-electron chi connectivity index (χ0n) is 13.6. The van der Waals surface area contributed by atoms with E-state index in [1.165, 1.54) is 5.56 Å². The number of halogens is 1. The fourth-order valence-electron chi connectivity index (χ4n) is 3.03. The Morgan fingerprint density at radius 3 is 2.52 bits per heavy atom. The summed E-state index contributed by atoms with van der Waals surface area (Å²) >= 11 is 6.07. The summed E-state index contributed by atoms with van der Waals surface area (Å²) in [6.07, 6.45) is 1.86. The van der Waals surface area contributed by atoms with Crippen LogP contribution in [0.3, 0.4) is 0 Å². The number of para-hydroxylation sites is 1. The number of rotatable bonds is 4. The van der Waals surface area contributed by atoms with E-state index in [2.05, 4.69) is 58.8 Å². The summed E-state index contributed by atoms with van der Waals surface area (Å²) in [5, 5.41) is 5.38. The van der Waals surface area contributed by atoms with E-state index in [4.69, 9.17) is 11.6 Å². The van der Waals surface area contributed by atoms with Crippen LogP contribution in [-0.4, -0.2) is 4.98 Å². The number of nitrogens with zero attached hydrogens (tertiary/aromatic N) is 1. The Hall–Kier alpha value is -2.84. The minimum atomic E-state index is 0.717. The van der Waals surface area contributed by atoms with Gasteiger partial charge < -0.3 is 5.32 Å². The lowest BCUT2D eigenvalue weighted by Gasteiger charge is -2.12. The number of aromatic nitrogens is 1. The van der Waals surface area contributed by atoms with E-state index in [-0.39, 0.29) is 0 Å². The van der Waals surface area contributed by atoms with Crippen molar-refractivity contribution in [2.24, 2.45) is 0 Å². The Morgan fingerprint density at radius 2 is 1.68 bits per heavy atom. The Labute approximate surface area is 152 Å². The molecule has 0 saturated heterocycles. The maximum atomic E-state index is 6.07. The van der Waals surface area contributed by atoms with Crippen molar-refractivity contribution in [3.63, 3.8) is 0 Å².